The van der Waals surface area contributed by atoms with Crippen LogP contribution < -0.4 is 4.74 Å². The van der Waals surface area contributed by atoms with Crippen LogP contribution in [0.5, 0.6) is 11.5 Å². The summed E-state index contributed by atoms with van der Waals surface area (Å²) in [6.07, 6.45) is 0.988. The first-order chi connectivity index (χ1) is 21.2. The summed E-state index contributed by atoms with van der Waals surface area (Å²) < 4.78 is 42.9. The van der Waals surface area contributed by atoms with Crippen LogP contribution in [-0.4, -0.2) is 61.7 Å². The summed E-state index contributed by atoms with van der Waals surface area (Å²) in [5.74, 6) is -2.65. The highest BCUT2D eigenvalue weighted by Crippen LogP contribution is 2.38. The summed E-state index contributed by atoms with van der Waals surface area (Å²) in [6.45, 7) is 6.30. The number of phenols is 1. The molecule has 3 aromatic carbocycles. The zero-order valence-electron chi connectivity index (χ0n) is 25.9. The summed E-state index contributed by atoms with van der Waals surface area (Å²) in [5, 5.41) is 10.4. The van der Waals surface area contributed by atoms with Crippen LogP contribution in [0.3, 0.4) is 0 Å². The number of unbranched alkanes of at least 4 members (excludes halogenated alkanes) is 1. The predicted octanol–water partition coefficient (Wildman–Crippen LogP) is 6.06. The van der Waals surface area contributed by atoms with E-state index in [4.69, 9.17) is 25.8 Å². The van der Waals surface area contributed by atoms with Gasteiger partial charge in [-0.3, -0.25) is 14.4 Å². The maximum absolute atomic E-state index is 13.3. The van der Waals surface area contributed by atoms with Gasteiger partial charge < -0.3 is 19.3 Å². The molecule has 0 fully saturated rings. The Morgan fingerprint density at radius 2 is 1.51 bits per heavy atom. The summed E-state index contributed by atoms with van der Waals surface area (Å²) in [5.41, 5.74) is -0.253. The second-order valence-corrected chi connectivity index (χ2v) is 14.2. The fourth-order valence-corrected chi connectivity index (χ4v) is 6.83. The Balaban J connectivity index is 1.64. The molecular formula is C34H39ClO9S. The minimum atomic E-state index is -3.96. The summed E-state index contributed by atoms with van der Waals surface area (Å²) in [4.78, 5) is 37.2. The molecule has 0 aliphatic rings. The maximum atomic E-state index is 13.3. The number of carbonyl (C=O) groups is 3. The first-order valence-corrected chi connectivity index (χ1v) is 16.6. The molecule has 1 N–H and O–H groups in total. The fraction of sp³-hybridized carbons (Fsp3) is 0.382. The third-order valence-electron chi connectivity index (χ3n) is 7.10. The lowest BCUT2D eigenvalue weighted by Crippen LogP contribution is -2.45. The second-order valence-electron chi connectivity index (χ2n) is 11.4. The smallest absolute Gasteiger partial charge is 0.327 e. The van der Waals surface area contributed by atoms with Gasteiger partial charge in [-0.15, -0.1) is 11.6 Å². The largest absolute Gasteiger partial charge is 0.507 e. The van der Waals surface area contributed by atoms with E-state index in [1.807, 2.05) is 13.8 Å². The molecule has 0 aliphatic carbocycles. The minimum Gasteiger partial charge on any atom is -0.507 e. The van der Waals surface area contributed by atoms with Crippen molar-refractivity contribution in [1.29, 1.82) is 0 Å². The van der Waals surface area contributed by atoms with Crippen molar-refractivity contribution in [3.05, 3.63) is 89.5 Å². The molecule has 0 radical (unpaired) electrons. The Morgan fingerprint density at radius 3 is 2.13 bits per heavy atom. The topological polar surface area (TPSA) is 133 Å². The van der Waals surface area contributed by atoms with Gasteiger partial charge in [0.15, 0.2) is 15.6 Å². The number of halogens is 1. The molecule has 2 unspecified atom stereocenters. The van der Waals surface area contributed by atoms with Gasteiger partial charge in [-0.05, 0) is 57.9 Å². The highest BCUT2D eigenvalue weighted by atomic mass is 35.5. The van der Waals surface area contributed by atoms with Crippen molar-refractivity contribution in [3.8, 4) is 11.5 Å². The van der Waals surface area contributed by atoms with E-state index in [-0.39, 0.29) is 54.0 Å². The van der Waals surface area contributed by atoms with Crippen LogP contribution in [0.2, 0.25) is 0 Å². The number of sulfone groups is 1. The Bertz CT molecular complexity index is 1590. The second kappa shape index (κ2) is 15.4. The number of hydrogen-bond acceptors (Lipinski definition) is 9. The van der Waals surface area contributed by atoms with Gasteiger partial charge in [0.2, 0.25) is 0 Å². The quantitative estimate of drug-likeness (QED) is 0.0843. The number of carbonyl (C=O) groups excluding carboxylic acids is 3. The monoisotopic (exact) mass is 658 g/mol. The van der Waals surface area contributed by atoms with Gasteiger partial charge in [0.25, 0.3) is 0 Å². The van der Waals surface area contributed by atoms with Gasteiger partial charge in [0.1, 0.15) is 29.6 Å². The van der Waals surface area contributed by atoms with Gasteiger partial charge in [-0.25, -0.2) is 8.42 Å². The highest BCUT2D eigenvalue weighted by molar-refractivity contribution is 7.91. The molecule has 0 aliphatic heterocycles. The lowest BCUT2D eigenvalue weighted by molar-refractivity contribution is -0.156. The number of rotatable bonds is 16. The van der Waals surface area contributed by atoms with E-state index in [9.17, 15) is 27.9 Å². The number of hydrogen-bond donors (Lipinski definition) is 1. The summed E-state index contributed by atoms with van der Waals surface area (Å²) >= 11 is 6.60. The van der Waals surface area contributed by atoms with Crippen molar-refractivity contribution in [2.24, 2.45) is 5.41 Å². The Labute approximate surface area is 269 Å². The average Bonchev–Trinajstić information content (AvgIpc) is 2.99. The van der Waals surface area contributed by atoms with Crippen LogP contribution in [0.25, 0.3) is 0 Å². The van der Waals surface area contributed by atoms with Crippen molar-refractivity contribution in [2.45, 2.75) is 56.7 Å². The molecule has 3 aromatic rings. The lowest BCUT2D eigenvalue weighted by atomic mass is 9.82. The van der Waals surface area contributed by atoms with E-state index in [1.165, 1.54) is 44.2 Å². The van der Waals surface area contributed by atoms with Crippen LogP contribution in [0.1, 0.15) is 61.5 Å². The normalized spacial score (nSPS) is 14.1. The third-order valence-corrected chi connectivity index (χ3v) is 9.39. The summed E-state index contributed by atoms with van der Waals surface area (Å²) in [7, 11) is -3.96. The number of aryl methyl sites for hydroxylation is 1. The number of benzene rings is 3. The van der Waals surface area contributed by atoms with Crippen LogP contribution in [-0.2, 0) is 28.9 Å². The standard InChI is InChI=1S/C34H39ClO9S/c1-5-6-18-43-31(38)33(3,23-45(40,41)27-15-12-24(2)13-16-27)22-34(4,35)32(39)44-20-19-42-26-14-17-28(29(36)21-26)30(37)25-10-8-7-9-11-25/h7-17,21,36H,5-6,18-20,22-23H2,1-4H3. The van der Waals surface area contributed by atoms with Crippen molar-refractivity contribution < 1.29 is 42.1 Å². The molecule has 11 heteroatoms. The number of esters is 2. The Hall–Kier alpha value is -3.89. The molecule has 9 nitrogen and oxygen atoms in total. The molecule has 0 heterocycles. The van der Waals surface area contributed by atoms with Gasteiger partial charge in [-0.2, -0.15) is 0 Å². The number of aromatic hydroxyl groups is 1. The van der Waals surface area contributed by atoms with E-state index in [2.05, 4.69) is 0 Å². The maximum Gasteiger partial charge on any atom is 0.327 e. The fourth-order valence-electron chi connectivity index (χ4n) is 4.70. The predicted molar refractivity (Wildman–Crippen MR) is 171 cm³/mol. The summed E-state index contributed by atoms with van der Waals surface area (Å²) in [6, 6.07) is 19.0. The van der Waals surface area contributed by atoms with Crippen molar-refractivity contribution in [2.75, 3.05) is 25.6 Å². The molecule has 45 heavy (non-hydrogen) atoms. The van der Waals surface area contributed by atoms with Crippen LogP contribution in [0.4, 0.5) is 0 Å². The highest BCUT2D eigenvalue weighted by Gasteiger charge is 2.48. The van der Waals surface area contributed by atoms with Crippen LogP contribution in [0, 0.1) is 12.3 Å². The van der Waals surface area contributed by atoms with E-state index >= 15 is 0 Å². The van der Waals surface area contributed by atoms with Crippen molar-refractivity contribution in [3.63, 3.8) is 0 Å². The number of ether oxygens (including phenoxy) is 3. The molecule has 0 amide bonds. The minimum absolute atomic E-state index is 0.0418. The van der Waals surface area contributed by atoms with Gasteiger partial charge >= 0.3 is 11.9 Å². The molecule has 0 saturated carbocycles. The molecule has 0 spiro atoms. The lowest BCUT2D eigenvalue weighted by Gasteiger charge is -2.33. The first-order valence-electron chi connectivity index (χ1n) is 14.6. The van der Waals surface area contributed by atoms with E-state index in [0.717, 1.165) is 12.0 Å². The molecule has 3 rings (SSSR count). The number of ketones is 1. The molecule has 2 atom stereocenters. The van der Waals surface area contributed by atoms with Gasteiger partial charge in [-0.1, -0.05) is 61.4 Å². The number of alkyl halides is 1. The SMILES string of the molecule is CCCCOC(=O)C(C)(CC(C)(Cl)C(=O)OCCOc1ccc(C(=O)c2ccccc2)c(O)c1)CS(=O)(=O)c1ccc(C)cc1. The first kappa shape index (κ1) is 35.6. The molecule has 0 saturated heterocycles. The molecule has 242 valence electrons. The van der Waals surface area contributed by atoms with Gasteiger partial charge in [0.05, 0.1) is 28.2 Å². The zero-order valence-corrected chi connectivity index (χ0v) is 27.4. The van der Waals surface area contributed by atoms with E-state index in [0.29, 0.717) is 12.0 Å². The molecule has 0 aromatic heterocycles. The number of phenolic OH excluding ortho intramolecular Hbond substituents is 1. The third kappa shape index (κ3) is 9.80. The van der Waals surface area contributed by atoms with Gasteiger partial charge in [0, 0.05) is 11.6 Å². The molecular weight excluding hydrogens is 620 g/mol. The van der Waals surface area contributed by atoms with E-state index < -0.39 is 37.8 Å². The van der Waals surface area contributed by atoms with Crippen LogP contribution >= 0.6 is 11.6 Å². The van der Waals surface area contributed by atoms with E-state index in [1.54, 1.807) is 42.5 Å². The van der Waals surface area contributed by atoms with Crippen LogP contribution in [0.15, 0.2) is 77.7 Å². The van der Waals surface area contributed by atoms with Crippen molar-refractivity contribution in [1.82, 2.24) is 0 Å². The Morgan fingerprint density at radius 1 is 0.867 bits per heavy atom. The molecule has 0 bridgehead atoms. The Kier molecular flexibility index (Phi) is 12.2. The van der Waals surface area contributed by atoms with Crippen molar-refractivity contribution >= 4 is 39.2 Å². The zero-order chi connectivity index (χ0) is 33.3. The average molecular weight is 659 g/mol.